The molecule has 1 aromatic heterocycles. The zero-order chi connectivity index (χ0) is 18.0. The van der Waals surface area contributed by atoms with Gasteiger partial charge in [0.15, 0.2) is 5.79 Å². The molecule has 0 spiro atoms. The predicted octanol–water partition coefficient (Wildman–Crippen LogP) is 2.60. The lowest BCUT2D eigenvalue weighted by Gasteiger charge is -2.25. The van der Waals surface area contributed by atoms with E-state index in [0.29, 0.717) is 42.8 Å². The normalized spacial score (nSPS) is 17.5. The van der Waals surface area contributed by atoms with Crippen LogP contribution in [0.3, 0.4) is 0 Å². The molecular formula is C17H21N3O5. The van der Waals surface area contributed by atoms with Gasteiger partial charge in [-0.05, 0) is 18.9 Å². The van der Waals surface area contributed by atoms with Crippen molar-refractivity contribution < 1.29 is 19.2 Å². The van der Waals surface area contributed by atoms with E-state index in [4.69, 9.17) is 9.47 Å². The molecule has 1 atom stereocenters. The summed E-state index contributed by atoms with van der Waals surface area (Å²) in [5.41, 5.74) is 0.607. The van der Waals surface area contributed by atoms with Crippen molar-refractivity contribution >= 4 is 22.5 Å². The Bertz CT molecular complexity index is 795. The summed E-state index contributed by atoms with van der Waals surface area (Å²) < 4.78 is 11.1. The molecule has 2 aromatic rings. The van der Waals surface area contributed by atoms with Crippen molar-refractivity contribution in [3.8, 4) is 0 Å². The molecule has 1 aliphatic heterocycles. The summed E-state index contributed by atoms with van der Waals surface area (Å²) in [6, 6.07) is 6.35. The third-order valence-electron chi connectivity index (χ3n) is 4.30. The van der Waals surface area contributed by atoms with Crippen LogP contribution in [-0.2, 0) is 9.47 Å². The lowest BCUT2D eigenvalue weighted by molar-refractivity contribution is -0.383. The van der Waals surface area contributed by atoms with Crippen molar-refractivity contribution in [2.75, 3.05) is 19.8 Å². The average molecular weight is 347 g/mol. The number of nitro groups is 1. The van der Waals surface area contributed by atoms with Crippen molar-refractivity contribution in [1.82, 2.24) is 10.3 Å². The first-order chi connectivity index (χ1) is 11.9. The monoisotopic (exact) mass is 347 g/mol. The van der Waals surface area contributed by atoms with E-state index in [1.165, 1.54) is 6.07 Å². The number of para-hydroxylation sites is 1. The van der Waals surface area contributed by atoms with E-state index in [1.807, 2.05) is 13.8 Å². The number of carbonyl (C=O) groups excluding carboxylic acids is 1. The van der Waals surface area contributed by atoms with Gasteiger partial charge in [0.1, 0.15) is 11.2 Å². The molecule has 1 aliphatic rings. The molecule has 134 valence electrons. The molecule has 0 aliphatic carbocycles. The SMILES string of the molecule is C[C@@H](CNC(=O)c1cc2cccc([N+](=O)[O-])c2[nH]1)CC1(C)OCCO1. The molecule has 25 heavy (non-hydrogen) atoms. The summed E-state index contributed by atoms with van der Waals surface area (Å²) in [5.74, 6) is -0.729. The van der Waals surface area contributed by atoms with Crippen molar-refractivity contribution in [3.63, 3.8) is 0 Å². The maximum atomic E-state index is 12.3. The van der Waals surface area contributed by atoms with E-state index in [9.17, 15) is 14.9 Å². The number of ether oxygens (including phenoxy) is 2. The van der Waals surface area contributed by atoms with E-state index < -0.39 is 10.7 Å². The van der Waals surface area contributed by atoms with E-state index in [2.05, 4.69) is 10.3 Å². The number of fused-ring (bicyclic) bond motifs is 1. The average Bonchev–Trinajstić information content (AvgIpc) is 3.18. The van der Waals surface area contributed by atoms with Gasteiger partial charge in [0.25, 0.3) is 11.6 Å². The summed E-state index contributed by atoms with van der Waals surface area (Å²) in [4.78, 5) is 25.8. The predicted molar refractivity (Wildman–Crippen MR) is 91.4 cm³/mol. The fraction of sp³-hybridized carbons (Fsp3) is 0.471. The summed E-state index contributed by atoms with van der Waals surface area (Å²) in [7, 11) is 0. The smallest absolute Gasteiger partial charge is 0.293 e. The number of non-ortho nitro benzene ring substituents is 1. The minimum absolute atomic E-state index is 0.0478. The second-order valence-corrected chi connectivity index (χ2v) is 6.53. The molecule has 0 saturated carbocycles. The molecule has 1 saturated heterocycles. The standard InChI is InChI=1S/C17H21N3O5/c1-11(9-17(2)24-6-7-25-17)10-18-16(21)13-8-12-4-3-5-14(20(22)23)15(12)19-13/h3-5,8,11,19H,6-7,9-10H2,1-2H3,(H,18,21)/t11-/m1/s1. The quantitative estimate of drug-likeness (QED) is 0.617. The Morgan fingerprint density at radius 3 is 2.84 bits per heavy atom. The van der Waals surface area contributed by atoms with E-state index in [-0.39, 0.29) is 17.5 Å². The van der Waals surface area contributed by atoms with Crippen LogP contribution in [0, 0.1) is 16.0 Å². The minimum atomic E-state index is -0.591. The number of nitrogens with one attached hydrogen (secondary N) is 2. The van der Waals surface area contributed by atoms with Gasteiger partial charge in [-0.15, -0.1) is 0 Å². The lowest BCUT2D eigenvalue weighted by Crippen LogP contribution is -2.34. The van der Waals surface area contributed by atoms with Crippen LogP contribution in [-0.4, -0.2) is 41.4 Å². The number of benzene rings is 1. The third-order valence-corrected chi connectivity index (χ3v) is 4.30. The van der Waals surface area contributed by atoms with Gasteiger partial charge in [-0.1, -0.05) is 19.1 Å². The van der Waals surface area contributed by atoms with Gasteiger partial charge in [-0.3, -0.25) is 14.9 Å². The molecule has 1 fully saturated rings. The van der Waals surface area contributed by atoms with Gasteiger partial charge in [-0.25, -0.2) is 0 Å². The van der Waals surface area contributed by atoms with Gasteiger partial charge in [-0.2, -0.15) is 0 Å². The molecule has 1 aromatic carbocycles. The number of amides is 1. The molecule has 0 radical (unpaired) electrons. The van der Waals surface area contributed by atoms with Gasteiger partial charge < -0.3 is 19.8 Å². The highest BCUT2D eigenvalue weighted by molar-refractivity contribution is 6.00. The largest absolute Gasteiger partial charge is 0.350 e. The van der Waals surface area contributed by atoms with Crippen LogP contribution in [0.5, 0.6) is 0 Å². The van der Waals surface area contributed by atoms with Crippen LogP contribution < -0.4 is 5.32 Å². The van der Waals surface area contributed by atoms with Gasteiger partial charge in [0.2, 0.25) is 0 Å². The van der Waals surface area contributed by atoms with Gasteiger partial charge in [0, 0.05) is 24.4 Å². The number of aromatic nitrogens is 1. The molecule has 8 heteroatoms. The van der Waals surface area contributed by atoms with Crippen LogP contribution in [0.25, 0.3) is 10.9 Å². The van der Waals surface area contributed by atoms with Crippen LogP contribution >= 0.6 is 0 Å². The summed E-state index contributed by atoms with van der Waals surface area (Å²) in [6.07, 6.45) is 0.672. The molecular weight excluding hydrogens is 326 g/mol. The molecule has 1 amide bonds. The molecule has 2 N–H and O–H groups in total. The zero-order valence-corrected chi connectivity index (χ0v) is 14.2. The number of nitrogens with zero attached hydrogens (tertiary/aromatic N) is 1. The number of carbonyl (C=O) groups is 1. The number of hydrogen-bond donors (Lipinski definition) is 2. The van der Waals surface area contributed by atoms with Crippen LogP contribution in [0.4, 0.5) is 5.69 Å². The molecule has 8 nitrogen and oxygen atoms in total. The van der Waals surface area contributed by atoms with Crippen molar-refractivity contribution in [2.45, 2.75) is 26.1 Å². The van der Waals surface area contributed by atoms with Crippen molar-refractivity contribution in [1.29, 1.82) is 0 Å². The highest BCUT2D eigenvalue weighted by Crippen LogP contribution is 2.27. The maximum absolute atomic E-state index is 12.3. The molecule has 0 bridgehead atoms. The van der Waals surface area contributed by atoms with E-state index in [0.717, 1.165) is 0 Å². The fourth-order valence-electron chi connectivity index (χ4n) is 3.16. The first-order valence-electron chi connectivity index (χ1n) is 8.20. The first kappa shape index (κ1) is 17.4. The Labute approximate surface area is 144 Å². The Hall–Kier alpha value is -2.45. The van der Waals surface area contributed by atoms with Crippen LogP contribution in [0.2, 0.25) is 0 Å². The summed E-state index contributed by atoms with van der Waals surface area (Å²) in [6.45, 7) is 5.53. The number of aromatic amines is 1. The third kappa shape index (κ3) is 3.80. The second-order valence-electron chi connectivity index (χ2n) is 6.53. The molecule has 2 heterocycles. The highest BCUT2D eigenvalue weighted by Gasteiger charge is 2.32. The Kier molecular flexibility index (Phi) is 4.73. The summed E-state index contributed by atoms with van der Waals surface area (Å²) in [5, 5.41) is 14.5. The van der Waals surface area contributed by atoms with Crippen molar-refractivity contribution in [3.05, 3.63) is 40.1 Å². The highest BCUT2D eigenvalue weighted by atomic mass is 16.7. The molecule has 3 rings (SSSR count). The Balaban J connectivity index is 1.64. The lowest BCUT2D eigenvalue weighted by atomic mass is 10.0. The fourth-order valence-corrected chi connectivity index (χ4v) is 3.16. The van der Waals surface area contributed by atoms with Gasteiger partial charge >= 0.3 is 0 Å². The van der Waals surface area contributed by atoms with Crippen LogP contribution in [0.15, 0.2) is 24.3 Å². The Morgan fingerprint density at radius 2 is 2.16 bits per heavy atom. The van der Waals surface area contributed by atoms with E-state index >= 15 is 0 Å². The van der Waals surface area contributed by atoms with Crippen LogP contribution in [0.1, 0.15) is 30.8 Å². The van der Waals surface area contributed by atoms with Gasteiger partial charge in [0.05, 0.1) is 18.1 Å². The topological polar surface area (TPSA) is 106 Å². The first-order valence-corrected chi connectivity index (χ1v) is 8.20. The molecule has 0 unspecified atom stereocenters. The van der Waals surface area contributed by atoms with E-state index in [1.54, 1.807) is 18.2 Å². The van der Waals surface area contributed by atoms with Crippen molar-refractivity contribution in [2.24, 2.45) is 5.92 Å². The Morgan fingerprint density at radius 1 is 1.44 bits per heavy atom. The number of rotatable bonds is 6. The number of nitro benzene ring substituents is 1. The minimum Gasteiger partial charge on any atom is -0.350 e. The number of H-pyrrole nitrogens is 1. The maximum Gasteiger partial charge on any atom is 0.293 e. The zero-order valence-electron chi connectivity index (χ0n) is 14.2. The number of hydrogen-bond acceptors (Lipinski definition) is 5. The second kappa shape index (κ2) is 6.81. The summed E-state index contributed by atoms with van der Waals surface area (Å²) >= 11 is 0.